The Morgan fingerprint density at radius 2 is 2.36 bits per heavy atom. The lowest BCUT2D eigenvalue weighted by Gasteiger charge is -2.10. The quantitative estimate of drug-likeness (QED) is 0.750. The molecular formula is C18H19N3O3S. The van der Waals surface area contributed by atoms with Gasteiger partial charge in [-0.1, -0.05) is 0 Å². The molecule has 25 heavy (non-hydrogen) atoms. The van der Waals surface area contributed by atoms with Crippen molar-refractivity contribution in [1.29, 1.82) is 0 Å². The van der Waals surface area contributed by atoms with Crippen LogP contribution in [0.4, 0.5) is 5.69 Å². The van der Waals surface area contributed by atoms with Crippen LogP contribution in [-0.2, 0) is 4.74 Å². The number of ether oxygens (including phenoxy) is 2. The predicted octanol–water partition coefficient (Wildman–Crippen LogP) is 2.95. The summed E-state index contributed by atoms with van der Waals surface area (Å²) in [5.41, 5.74) is 7.55. The second-order valence-corrected chi connectivity index (χ2v) is 7.09. The van der Waals surface area contributed by atoms with Gasteiger partial charge >= 0.3 is 0 Å². The normalized spacial score (nSPS) is 17.2. The number of methoxy groups -OCH3 is 1. The Balaban J connectivity index is 1.66. The summed E-state index contributed by atoms with van der Waals surface area (Å²) in [4.78, 5) is 18.4. The maximum Gasteiger partial charge on any atom is 0.263 e. The number of thiophene rings is 1. The zero-order valence-electron chi connectivity index (χ0n) is 13.9. The van der Waals surface area contributed by atoms with Crippen molar-refractivity contribution in [2.24, 2.45) is 0 Å². The van der Waals surface area contributed by atoms with E-state index in [9.17, 15) is 4.79 Å². The molecule has 0 radical (unpaired) electrons. The van der Waals surface area contributed by atoms with Crippen LogP contribution >= 0.6 is 11.3 Å². The van der Waals surface area contributed by atoms with Crippen LogP contribution in [0.3, 0.4) is 0 Å². The van der Waals surface area contributed by atoms with E-state index < -0.39 is 0 Å². The van der Waals surface area contributed by atoms with E-state index in [0.717, 1.165) is 46.3 Å². The molecular weight excluding hydrogens is 338 g/mol. The third-order valence-corrected chi connectivity index (χ3v) is 5.55. The van der Waals surface area contributed by atoms with Crippen molar-refractivity contribution < 1.29 is 14.3 Å². The number of nitrogens with two attached hydrogens (primary N) is 1. The van der Waals surface area contributed by atoms with Crippen molar-refractivity contribution >= 4 is 44.1 Å². The highest BCUT2D eigenvalue weighted by molar-refractivity contribution is 7.21. The average molecular weight is 357 g/mol. The monoisotopic (exact) mass is 357 g/mol. The van der Waals surface area contributed by atoms with Gasteiger partial charge in [0.15, 0.2) is 0 Å². The molecule has 0 aliphatic carbocycles. The summed E-state index contributed by atoms with van der Waals surface area (Å²) in [7, 11) is 1.63. The smallest absolute Gasteiger partial charge is 0.263 e. The largest absolute Gasteiger partial charge is 0.497 e. The Morgan fingerprint density at radius 1 is 1.48 bits per heavy atom. The van der Waals surface area contributed by atoms with Gasteiger partial charge in [0.25, 0.3) is 5.91 Å². The maximum atomic E-state index is 12.5. The SMILES string of the molecule is COc1ccc2nc3sc(C(=O)NCC4CCCO4)c(N)c3cc2c1. The molecule has 1 aliphatic heterocycles. The van der Waals surface area contributed by atoms with Crippen molar-refractivity contribution in [3.8, 4) is 5.75 Å². The molecule has 3 heterocycles. The molecule has 7 heteroatoms. The Morgan fingerprint density at radius 3 is 3.12 bits per heavy atom. The predicted molar refractivity (Wildman–Crippen MR) is 99.4 cm³/mol. The van der Waals surface area contributed by atoms with Crippen LogP contribution in [0, 0.1) is 0 Å². The van der Waals surface area contributed by atoms with Gasteiger partial charge in [-0.05, 0) is 37.1 Å². The van der Waals surface area contributed by atoms with E-state index in [2.05, 4.69) is 10.3 Å². The summed E-state index contributed by atoms with van der Waals surface area (Å²) in [5.74, 6) is 0.592. The summed E-state index contributed by atoms with van der Waals surface area (Å²) in [6, 6.07) is 7.65. The summed E-state index contributed by atoms with van der Waals surface area (Å²) >= 11 is 1.32. The molecule has 1 aliphatic rings. The first-order valence-electron chi connectivity index (χ1n) is 8.22. The number of carbonyl (C=O) groups is 1. The Bertz CT molecular complexity index is 948. The number of fused-ring (bicyclic) bond motifs is 2. The van der Waals surface area contributed by atoms with E-state index in [1.54, 1.807) is 7.11 Å². The van der Waals surface area contributed by atoms with Crippen molar-refractivity contribution in [2.45, 2.75) is 18.9 Å². The molecule has 1 amide bonds. The van der Waals surface area contributed by atoms with Crippen molar-refractivity contribution in [3.05, 3.63) is 29.1 Å². The third kappa shape index (κ3) is 3.01. The Labute approximate surface area is 148 Å². The third-order valence-electron chi connectivity index (χ3n) is 4.44. The van der Waals surface area contributed by atoms with Crippen LogP contribution in [0.1, 0.15) is 22.5 Å². The average Bonchev–Trinajstić information content (AvgIpc) is 3.26. The van der Waals surface area contributed by atoms with Crippen molar-refractivity contribution in [2.75, 3.05) is 26.0 Å². The molecule has 1 saturated heterocycles. The van der Waals surface area contributed by atoms with Gasteiger partial charge in [0.2, 0.25) is 0 Å². The molecule has 0 saturated carbocycles. The maximum absolute atomic E-state index is 12.5. The van der Waals surface area contributed by atoms with Gasteiger partial charge < -0.3 is 20.5 Å². The molecule has 1 atom stereocenters. The summed E-state index contributed by atoms with van der Waals surface area (Å²) in [5, 5.41) is 4.65. The number of anilines is 1. The molecule has 1 aromatic carbocycles. The van der Waals surface area contributed by atoms with E-state index in [-0.39, 0.29) is 12.0 Å². The van der Waals surface area contributed by atoms with E-state index in [1.807, 2.05) is 24.3 Å². The summed E-state index contributed by atoms with van der Waals surface area (Å²) in [6.07, 6.45) is 2.13. The fourth-order valence-electron chi connectivity index (χ4n) is 3.07. The first-order valence-corrected chi connectivity index (χ1v) is 9.04. The molecule has 130 valence electrons. The first kappa shape index (κ1) is 16.1. The van der Waals surface area contributed by atoms with Gasteiger partial charge in [0.05, 0.1) is 24.4 Å². The van der Waals surface area contributed by atoms with Crippen molar-refractivity contribution in [3.63, 3.8) is 0 Å². The number of benzene rings is 1. The minimum atomic E-state index is -0.169. The molecule has 0 spiro atoms. The number of nitrogens with zero attached hydrogens (tertiary/aromatic N) is 1. The molecule has 3 N–H and O–H groups in total. The number of hydrogen-bond donors (Lipinski definition) is 2. The molecule has 4 rings (SSSR count). The van der Waals surface area contributed by atoms with Gasteiger partial charge in [-0.3, -0.25) is 4.79 Å². The molecule has 3 aromatic rings. The van der Waals surface area contributed by atoms with Gasteiger partial charge in [0.1, 0.15) is 15.5 Å². The Kier molecular flexibility index (Phi) is 4.19. The molecule has 1 fully saturated rings. The number of hydrogen-bond acceptors (Lipinski definition) is 6. The zero-order valence-corrected chi connectivity index (χ0v) is 14.7. The van der Waals surface area contributed by atoms with Crippen LogP contribution in [0.15, 0.2) is 24.3 Å². The fourth-order valence-corrected chi connectivity index (χ4v) is 4.07. The lowest BCUT2D eigenvalue weighted by Crippen LogP contribution is -2.31. The van der Waals surface area contributed by atoms with Gasteiger partial charge in [-0.2, -0.15) is 0 Å². The number of rotatable bonds is 4. The van der Waals surface area contributed by atoms with E-state index in [1.165, 1.54) is 11.3 Å². The van der Waals surface area contributed by atoms with Crippen LogP contribution in [0.2, 0.25) is 0 Å². The molecule has 2 aromatic heterocycles. The number of pyridine rings is 1. The second-order valence-electron chi connectivity index (χ2n) is 6.09. The number of nitrogens with one attached hydrogen (secondary N) is 1. The minimum Gasteiger partial charge on any atom is -0.497 e. The molecule has 0 bridgehead atoms. The summed E-state index contributed by atoms with van der Waals surface area (Å²) in [6.45, 7) is 1.28. The van der Waals surface area contributed by atoms with E-state index in [4.69, 9.17) is 15.2 Å². The first-order chi connectivity index (χ1) is 12.2. The molecule has 1 unspecified atom stereocenters. The highest BCUT2D eigenvalue weighted by Crippen LogP contribution is 2.35. The van der Waals surface area contributed by atoms with Crippen LogP contribution in [0.25, 0.3) is 21.1 Å². The lowest BCUT2D eigenvalue weighted by molar-refractivity contribution is 0.0862. The summed E-state index contributed by atoms with van der Waals surface area (Å²) < 4.78 is 10.8. The number of aromatic nitrogens is 1. The van der Waals surface area contributed by atoms with Crippen molar-refractivity contribution in [1.82, 2.24) is 10.3 Å². The highest BCUT2D eigenvalue weighted by Gasteiger charge is 2.21. The standard InChI is InChI=1S/C18H19N3O3S/c1-23-11-4-5-14-10(7-11)8-13-15(19)16(25-18(13)21-14)17(22)20-9-12-3-2-6-24-12/h4-5,7-8,12H,2-3,6,9,19H2,1H3,(H,20,22). The minimum absolute atomic E-state index is 0.104. The topological polar surface area (TPSA) is 86.5 Å². The van der Waals surface area contributed by atoms with Crippen LogP contribution < -0.4 is 15.8 Å². The van der Waals surface area contributed by atoms with E-state index in [0.29, 0.717) is 17.1 Å². The van der Waals surface area contributed by atoms with E-state index >= 15 is 0 Å². The van der Waals surface area contributed by atoms with Gasteiger partial charge in [-0.15, -0.1) is 11.3 Å². The highest BCUT2D eigenvalue weighted by atomic mass is 32.1. The van der Waals surface area contributed by atoms with Crippen LogP contribution in [-0.4, -0.2) is 37.3 Å². The second kappa shape index (κ2) is 6.50. The number of nitrogen functional groups attached to an aromatic ring is 1. The zero-order chi connectivity index (χ0) is 17.4. The Hall–Kier alpha value is -2.38. The fraction of sp³-hybridized carbons (Fsp3) is 0.333. The number of carbonyl (C=O) groups excluding carboxylic acids is 1. The molecule has 6 nitrogen and oxygen atoms in total. The van der Waals surface area contributed by atoms with Crippen LogP contribution in [0.5, 0.6) is 5.75 Å². The van der Waals surface area contributed by atoms with Gasteiger partial charge in [-0.25, -0.2) is 4.98 Å². The van der Waals surface area contributed by atoms with Gasteiger partial charge in [0, 0.05) is 23.9 Å². The number of amides is 1. The lowest BCUT2D eigenvalue weighted by atomic mass is 10.1.